The lowest BCUT2D eigenvalue weighted by molar-refractivity contribution is -0.161. The minimum Gasteiger partial charge on any atom is -0.478 e. The molecule has 2 aromatic heterocycles. The first-order valence-corrected chi connectivity index (χ1v) is 15.3. The van der Waals surface area contributed by atoms with E-state index in [4.69, 9.17) is 10.6 Å². The molecule has 1 fully saturated rings. The van der Waals surface area contributed by atoms with Crippen molar-refractivity contribution < 1.29 is 34.2 Å². The number of carbonyl (C=O) groups is 4. The van der Waals surface area contributed by atoms with Gasteiger partial charge in [-0.15, -0.1) is 34.9 Å². The summed E-state index contributed by atoms with van der Waals surface area (Å²) in [5, 5.41) is 27.6. The number of oxime groups is 1. The van der Waals surface area contributed by atoms with Gasteiger partial charge in [0.2, 0.25) is 5.60 Å². The highest BCUT2D eigenvalue weighted by Crippen LogP contribution is 2.42. The molecule has 0 aliphatic carbocycles. The molecule has 4 heterocycles. The van der Waals surface area contributed by atoms with Gasteiger partial charge in [0.05, 0.1) is 5.52 Å². The molecule has 13 nitrogen and oxygen atoms in total. The first-order chi connectivity index (χ1) is 20.0. The maximum absolute atomic E-state index is 13.2. The average Bonchev–Trinajstić information content (AvgIpc) is 3.39. The number of aliphatic carboxylic acids is 2. The Morgan fingerprint density at radius 2 is 2.02 bits per heavy atom. The Morgan fingerprint density at radius 1 is 1.26 bits per heavy atom. The summed E-state index contributed by atoms with van der Waals surface area (Å²) in [4.78, 5) is 65.9. The van der Waals surface area contributed by atoms with Crippen LogP contribution in [0, 0.1) is 0 Å². The van der Waals surface area contributed by atoms with Gasteiger partial charge in [-0.1, -0.05) is 23.4 Å². The fourth-order valence-corrected chi connectivity index (χ4v) is 7.23. The van der Waals surface area contributed by atoms with Crippen LogP contribution < -0.4 is 11.1 Å². The largest absolute Gasteiger partial charge is 0.478 e. The molecule has 0 spiro atoms. The standard InChI is InChI=1S/C26H24N6O7S3/c1-26(2,24(37)38)39-31-17(14-11-42-25(27)29-14)20(33)30-18-21(34)32-19(23(35)36)13(10-41-22(18)32)9-40-15-7-3-5-12-6-4-8-28-16(12)15/h3-8,11,18,22H,9-10H2,1-2H3,(H2,27,29)(H,30,33)(H,35,36)(H,37,38)/b31-17-/t18-,22-/m1/s1. The molecule has 3 aromatic rings. The monoisotopic (exact) mass is 628 g/mol. The number of nitrogens with one attached hydrogen (secondary N) is 1. The molecular formula is C26H24N6O7S3. The van der Waals surface area contributed by atoms with E-state index in [0.29, 0.717) is 17.1 Å². The minimum absolute atomic E-state index is 0.0319. The molecule has 2 aliphatic rings. The van der Waals surface area contributed by atoms with Crippen LogP contribution in [0.15, 0.2) is 63.2 Å². The predicted molar refractivity (Wildman–Crippen MR) is 158 cm³/mol. The molecule has 5 N–H and O–H groups in total. The van der Waals surface area contributed by atoms with Gasteiger partial charge in [-0.2, -0.15) is 0 Å². The number of fused-ring (bicyclic) bond motifs is 2. The van der Waals surface area contributed by atoms with Gasteiger partial charge in [0, 0.05) is 33.4 Å². The van der Waals surface area contributed by atoms with Crippen molar-refractivity contribution in [1.29, 1.82) is 0 Å². The maximum atomic E-state index is 13.2. The summed E-state index contributed by atoms with van der Waals surface area (Å²) in [6.45, 7) is 2.50. The SMILES string of the molecule is CC(C)(O/N=C(\C(=O)N[C@@H]1C(=O)N2C(C(=O)O)=C(CSc3cccc4cccnc34)CS[C@H]12)c1csc(N)n1)C(=O)O. The van der Waals surface area contributed by atoms with Crippen molar-refractivity contribution in [3.63, 3.8) is 0 Å². The number of pyridine rings is 1. The van der Waals surface area contributed by atoms with Crippen LogP contribution in [0.2, 0.25) is 0 Å². The Labute approximate surface area is 251 Å². The first-order valence-electron chi connectivity index (χ1n) is 12.4. The van der Waals surface area contributed by atoms with E-state index in [1.54, 1.807) is 6.20 Å². The number of aromatic nitrogens is 2. The number of anilines is 1. The van der Waals surface area contributed by atoms with E-state index in [1.807, 2.05) is 30.3 Å². The number of hydrogen-bond acceptors (Lipinski definition) is 12. The van der Waals surface area contributed by atoms with Gasteiger partial charge < -0.3 is 26.1 Å². The molecule has 1 saturated heterocycles. The summed E-state index contributed by atoms with van der Waals surface area (Å²) >= 11 is 3.80. The number of benzene rings is 1. The van der Waals surface area contributed by atoms with Crippen molar-refractivity contribution in [3.05, 3.63) is 58.9 Å². The number of thiazole rings is 1. The summed E-state index contributed by atoms with van der Waals surface area (Å²) in [5.74, 6) is -3.36. The molecule has 1 aromatic carbocycles. The van der Waals surface area contributed by atoms with Crippen LogP contribution in [0.1, 0.15) is 19.5 Å². The molecule has 42 heavy (non-hydrogen) atoms. The average molecular weight is 629 g/mol. The molecule has 0 radical (unpaired) electrons. The molecule has 0 unspecified atom stereocenters. The molecular weight excluding hydrogens is 605 g/mol. The Balaban J connectivity index is 1.34. The van der Waals surface area contributed by atoms with Crippen molar-refractivity contribution in [2.75, 3.05) is 17.2 Å². The van der Waals surface area contributed by atoms with Gasteiger partial charge in [0.1, 0.15) is 22.8 Å². The summed E-state index contributed by atoms with van der Waals surface area (Å²) in [7, 11) is 0. The Bertz CT molecular complexity index is 1670. The molecule has 218 valence electrons. The van der Waals surface area contributed by atoms with Gasteiger partial charge >= 0.3 is 11.9 Å². The Kier molecular flexibility index (Phi) is 8.12. The van der Waals surface area contributed by atoms with Gasteiger partial charge in [0.25, 0.3) is 11.8 Å². The molecule has 16 heteroatoms. The van der Waals surface area contributed by atoms with Crippen LogP contribution in [0.5, 0.6) is 0 Å². The number of rotatable bonds is 10. The number of nitrogen functional groups attached to an aromatic ring is 1. The highest BCUT2D eigenvalue weighted by molar-refractivity contribution is 8.01. The number of para-hydroxylation sites is 1. The topological polar surface area (TPSA) is 197 Å². The van der Waals surface area contributed by atoms with Crippen LogP contribution in [-0.2, 0) is 24.0 Å². The number of carboxylic acids is 2. The predicted octanol–water partition coefficient (Wildman–Crippen LogP) is 2.39. The molecule has 0 saturated carbocycles. The third-order valence-electron chi connectivity index (χ3n) is 6.39. The molecule has 0 bridgehead atoms. The fraction of sp³-hybridized carbons (Fsp3) is 0.269. The number of carboxylic acid groups (broad SMARTS) is 2. The minimum atomic E-state index is -1.76. The Morgan fingerprint density at radius 3 is 2.71 bits per heavy atom. The quantitative estimate of drug-likeness (QED) is 0.111. The summed E-state index contributed by atoms with van der Waals surface area (Å²) in [5.41, 5.74) is 4.87. The van der Waals surface area contributed by atoms with Crippen LogP contribution in [0.4, 0.5) is 5.13 Å². The van der Waals surface area contributed by atoms with E-state index >= 15 is 0 Å². The second-order valence-electron chi connectivity index (χ2n) is 9.66. The van der Waals surface area contributed by atoms with Crippen molar-refractivity contribution in [2.45, 2.75) is 35.8 Å². The van der Waals surface area contributed by atoms with Gasteiger partial charge in [-0.3, -0.25) is 19.5 Å². The first kappa shape index (κ1) is 29.3. The van der Waals surface area contributed by atoms with E-state index in [2.05, 4.69) is 20.4 Å². The van der Waals surface area contributed by atoms with E-state index < -0.39 is 40.8 Å². The molecule has 2 aliphatic heterocycles. The van der Waals surface area contributed by atoms with E-state index in [-0.39, 0.29) is 22.2 Å². The van der Waals surface area contributed by atoms with E-state index in [0.717, 1.165) is 27.1 Å². The highest BCUT2D eigenvalue weighted by Gasteiger charge is 2.54. The maximum Gasteiger partial charge on any atom is 0.352 e. The zero-order chi connectivity index (χ0) is 30.2. The second kappa shape index (κ2) is 11.6. The summed E-state index contributed by atoms with van der Waals surface area (Å²) in [6, 6.07) is 8.50. The van der Waals surface area contributed by atoms with Crippen LogP contribution in [-0.4, -0.2) is 83.1 Å². The molecule has 2 amide bonds. The fourth-order valence-electron chi connectivity index (χ4n) is 4.16. The Hall–Kier alpha value is -4.15. The summed E-state index contributed by atoms with van der Waals surface area (Å²) < 4.78 is 0. The van der Waals surface area contributed by atoms with Crippen LogP contribution in [0.3, 0.4) is 0 Å². The van der Waals surface area contributed by atoms with Gasteiger partial charge in [0.15, 0.2) is 10.8 Å². The van der Waals surface area contributed by atoms with E-state index in [1.165, 1.54) is 47.7 Å². The van der Waals surface area contributed by atoms with Crippen LogP contribution in [0.25, 0.3) is 10.9 Å². The number of carbonyl (C=O) groups excluding carboxylic acids is 2. The third kappa shape index (κ3) is 5.64. The van der Waals surface area contributed by atoms with Gasteiger partial charge in [-0.25, -0.2) is 14.6 Å². The zero-order valence-electron chi connectivity index (χ0n) is 22.1. The van der Waals surface area contributed by atoms with Crippen molar-refractivity contribution in [1.82, 2.24) is 20.2 Å². The summed E-state index contributed by atoms with van der Waals surface area (Å²) in [6.07, 6.45) is 1.70. The van der Waals surface area contributed by atoms with Crippen molar-refractivity contribution in [2.24, 2.45) is 5.16 Å². The number of thioether (sulfide) groups is 2. The molecule has 5 rings (SSSR count). The normalized spacial score (nSPS) is 18.9. The number of nitrogens with zero attached hydrogens (tertiary/aromatic N) is 4. The smallest absolute Gasteiger partial charge is 0.352 e. The van der Waals surface area contributed by atoms with Crippen molar-refractivity contribution >= 4 is 80.4 Å². The number of amides is 2. The lowest BCUT2D eigenvalue weighted by Gasteiger charge is -2.49. The zero-order valence-corrected chi connectivity index (χ0v) is 24.6. The number of β-lactam (4-membered cyclic amide) rings is 1. The van der Waals surface area contributed by atoms with Crippen molar-refractivity contribution in [3.8, 4) is 0 Å². The lowest BCUT2D eigenvalue weighted by atomic mass is 10.0. The molecule has 2 atom stereocenters. The number of hydrogen-bond donors (Lipinski definition) is 4. The third-order valence-corrected chi connectivity index (χ3v) is 9.54. The number of nitrogens with two attached hydrogens (primary N) is 1. The van der Waals surface area contributed by atoms with Crippen LogP contribution >= 0.6 is 34.9 Å². The lowest BCUT2D eigenvalue weighted by Crippen LogP contribution is -2.71. The highest BCUT2D eigenvalue weighted by atomic mass is 32.2. The second-order valence-corrected chi connectivity index (χ2v) is 12.7. The van der Waals surface area contributed by atoms with Gasteiger partial charge in [-0.05, 0) is 31.6 Å². The van der Waals surface area contributed by atoms with E-state index in [9.17, 15) is 29.4 Å².